The molecule has 0 saturated heterocycles. The van der Waals surface area contributed by atoms with E-state index in [1.807, 2.05) is 20.8 Å². The topological polar surface area (TPSA) is 61.4 Å². The fourth-order valence-corrected chi connectivity index (χ4v) is 2.29. The summed E-state index contributed by atoms with van der Waals surface area (Å²) in [4.78, 5) is 25.4. The summed E-state index contributed by atoms with van der Waals surface area (Å²) in [5.74, 6) is -0.431. The highest BCUT2D eigenvalue weighted by Crippen LogP contribution is 2.29. The van der Waals surface area contributed by atoms with Crippen LogP contribution < -0.4 is 10.6 Å². The van der Waals surface area contributed by atoms with Gasteiger partial charge in [0, 0.05) is 5.54 Å². The third-order valence-corrected chi connectivity index (χ3v) is 3.20. The van der Waals surface area contributed by atoms with Gasteiger partial charge in [-0.25, -0.2) is 0 Å². The van der Waals surface area contributed by atoms with E-state index in [0.29, 0.717) is 15.7 Å². The molecule has 1 aromatic rings. The van der Waals surface area contributed by atoms with Crippen LogP contribution in [0.2, 0.25) is 10.0 Å². The van der Waals surface area contributed by atoms with E-state index >= 15 is 0 Å². The second-order valence-corrected chi connectivity index (χ2v) is 6.93. The Morgan fingerprint density at radius 2 is 1.59 bits per heavy atom. The highest BCUT2D eigenvalue weighted by Gasteiger charge is 2.17. The average molecular weight is 346 g/mol. The number of benzene rings is 1. The molecule has 0 atom stereocenters. The lowest BCUT2D eigenvalue weighted by Gasteiger charge is -2.23. The van der Waals surface area contributed by atoms with Gasteiger partial charge >= 0.3 is 0 Å². The largest absolute Gasteiger partial charge is 0.350 e. The van der Waals surface area contributed by atoms with Crippen molar-refractivity contribution >= 4 is 40.7 Å². The van der Waals surface area contributed by atoms with E-state index in [9.17, 15) is 9.59 Å². The Labute approximate surface area is 141 Å². The predicted octanol–water partition coefficient (Wildman–Crippen LogP) is 2.78. The molecule has 0 bridgehead atoms. The van der Waals surface area contributed by atoms with E-state index in [1.54, 1.807) is 30.1 Å². The summed E-state index contributed by atoms with van der Waals surface area (Å²) in [7, 11) is 1.69. The third-order valence-electron chi connectivity index (χ3n) is 2.57. The average Bonchev–Trinajstić information content (AvgIpc) is 2.31. The van der Waals surface area contributed by atoms with E-state index in [4.69, 9.17) is 23.2 Å². The van der Waals surface area contributed by atoms with E-state index < -0.39 is 0 Å². The molecule has 0 unspecified atom stereocenters. The van der Waals surface area contributed by atoms with Crippen LogP contribution in [0.3, 0.4) is 0 Å². The number of hydrogen-bond acceptors (Lipinski definition) is 3. The molecule has 22 heavy (non-hydrogen) atoms. The molecule has 0 aliphatic heterocycles. The van der Waals surface area contributed by atoms with Crippen LogP contribution in [0, 0.1) is 0 Å². The molecular weight excluding hydrogens is 325 g/mol. The Kier molecular flexibility index (Phi) is 6.66. The Morgan fingerprint density at radius 3 is 2.09 bits per heavy atom. The molecule has 5 nitrogen and oxygen atoms in total. The number of anilines is 1. The van der Waals surface area contributed by atoms with Gasteiger partial charge in [0.05, 0.1) is 28.8 Å². The Morgan fingerprint density at radius 1 is 1.09 bits per heavy atom. The van der Waals surface area contributed by atoms with Crippen LogP contribution in [0.5, 0.6) is 0 Å². The van der Waals surface area contributed by atoms with Crippen LogP contribution in [-0.2, 0) is 9.59 Å². The number of halogens is 2. The molecule has 1 rings (SSSR count). The summed E-state index contributed by atoms with van der Waals surface area (Å²) >= 11 is 12.0. The maximum Gasteiger partial charge on any atom is 0.238 e. The minimum atomic E-state index is -0.300. The maximum atomic E-state index is 12.0. The van der Waals surface area contributed by atoms with Gasteiger partial charge in [0.2, 0.25) is 11.8 Å². The highest BCUT2D eigenvalue weighted by molar-refractivity contribution is 6.39. The molecule has 0 radical (unpaired) electrons. The van der Waals surface area contributed by atoms with Gasteiger partial charge in [0.15, 0.2) is 0 Å². The molecule has 2 N–H and O–H groups in total. The zero-order valence-corrected chi connectivity index (χ0v) is 14.7. The van der Waals surface area contributed by atoms with Gasteiger partial charge in [0.1, 0.15) is 0 Å². The van der Waals surface area contributed by atoms with Gasteiger partial charge in [0.25, 0.3) is 0 Å². The van der Waals surface area contributed by atoms with Crippen LogP contribution in [0.4, 0.5) is 5.69 Å². The molecule has 0 heterocycles. The number of para-hydroxylation sites is 1. The number of carbonyl (C=O) groups excluding carboxylic acids is 2. The van der Waals surface area contributed by atoms with Crippen molar-refractivity contribution in [2.75, 3.05) is 25.5 Å². The van der Waals surface area contributed by atoms with Gasteiger partial charge in [-0.05, 0) is 40.0 Å². The van der Waals surface area contributed by atoms with Crippen molar-refractivity contribution in [1.82, 2.24) is 10.2 Å². The summed E-state index contributed by atoms with van der Waals surface area (Å²) in [5.41, 5.74) is 0.0778. The van der Waals surface area contributed by atoms with Crippen LogP contribution in [-0.4, -0.2) is 42.4 Å². The second-order valence-electron chi connectivity index (χ2n) is 6.12. The number of likely N-dealkylation sites (N-methyl/N-ethyl adjacent to an activating group) is 1. The summed E-state index contributed by atoms with van der Waals surface area (Å²) in [5, 5.41) is 6.23. The number of nitrogens with one attached hydrogen (secondary N) is 2. The van der Waals surface area contributed by atoms with Crippen LogP contribution in [0.25, 0.3) is 0 Å². The molecule has 0 aliphatic carbocycles. The molecule has 1 aromatic carbocycles. The van der Waals surface area contributed by atoms with Crippen molar-refractivity contribution in [3.63, 3.8) is 0 Å². The van der Waals surface area contributed by atoms with Crippen molar-refractivity contribution in [3.8, 4) is 0 Å². The van der Waals surface area contributed by atoms with Gasteiger partial charge in [-0.3, -0.25) is 14.5 Å². The lowest BCUT2D eigenvalue weighted by Crippen LogP contribution is -2.46. The third kappa shape index (κ3) is 6.64. The first kappa shape index (κ1) is 18.7. The van der Waals surface area contributed by atoms with Gasteiger partial charge < -0.3 is 10.6 Å². The lowest BCUT2D eigenvalue weighted by molar-refractivity contribution is -0.124. The Hall–Kier alpha value is -1.30. The van der Waals surface area contributed by atoms with Crippen LogP contribution in [0.15, 0.2) is 18.2 Å². The number of amides is 2. The second kappa shape index (κ2) is 7.81. The fourth-order valence-electron chi connectivity index (χ4n) is 1.80. The minimum Gasteiger partial charge on any atom is -0.350 e. The zero-order chi connectivity index (χ0) is 16.9. The summed E-state index contributed by atoms with van der Waals surface area (Å²) in [6.07, 6.45) is 0. The quantitative estimate of drug-likeness (QED) is 0.862. The number of rotatable bonds is 5. The smallest absolute Gasteiger partial charge is 0.238 e. The number of hydrogen-bond donors (Lipinski definition) is 2. The van der Waals surface area contributed by atoms with Crippen molar-refractivity contribution in [2.45, 2.75) is 26.3 Å². The van der Waals surface area contributed by atoms with Crippen molar-refractivity contribution in [3.05, 3.63) is 28.2 Å². The summed E-state index contributed by atoms with van der Waals surface area (Å²) < 4.78 is 0. The monoisotopic (exact) mass is 345 g/mol. The van der Waals surface area contributed by atoms with Crippen molar-refractivity contribution in [1.29, 1.82) is 0 Å². The number of nitrogens with zero attached hydrogens (tertiary/aromatic N) is 1. The molecule has 0 spiro atoms. The fraction of sp³-hybridized carbons (Fsp3) is 0.467. The van der Waals surface area contributed by atoms with Crippen LogP contribution >= 0.6 is 23.2 Å². The van der Waals surface area contributed by atoms with E-state index in [0.717, 1.165) is 0 Å². The first-order valence-corrected chi connectivity index (χ1v) is 7.57. The summed E-state index contributed by atoms with van der Waals surface area (Å²) in [6, 6.07) is 4.98. The molecule has 0 aromatic heterocycles. The Balaban J connectivity index is 2.53. The zero-order valence-electron chi connectivity index (χ0n) is 13.2. The Bertz CT molecular complexity index is 536. The molecule has 0 aliphatic rings. The molecule has 2 amide bonds. The predicted molar refractivity (Wildman–Crippen MR) is 90.5 cm³/mol. The summed E-state index contributed by atoms with van der Waals surface area (Å²) in [6.45, 7) is 5.88. The molecule has 7 heteroatoms. The van der Waals surface area contributed by atoms with Crippen molar-refractivity contribution in [2.24, 2.45) is 0 Å². The lowest BCUT2D eigenvalue weighted by atomic mass is 10.1. The standard InChI is InChI=1S/C15H21Cl2N3O2/c1-15(2,3)19-13(22)9-20(4)8-12(21)18-14-10(16)6-5-7-11(14)17/h5-7H,8-9H2,1-4H3,(H,18,21)(H,19,22). The highest BCUT2D eigenvalue weighted by atomic mass is 35.5. The van der Waals surface area contributed by atoms with Crippen LogP contribution in [0.1, 0.15) is 20.8 Å². The minimum absolute atomic E-state index is 0.0547. The first-order valence-electron chi connectivity index (χ1n) is 6.82. The SMILES string of the molecule is CN(CC(=O)Nc1c(Cl)cccc1Cl)CC(=O)NC(C)(C)C. The number of carbonyl (C=O) groups is 2. The first-order chi connectivity index (χ1) is 10.1. The molecule has 0 saturated carbocycles. The molecule has 0 fully saturated rings. The van der Waals surface area contributed by atoms with E-state index in [-0.39, 0.29) is 30.4 Å². The van der Waals surface area contributed by atoms with Gasteiger partial charge in [-0.1, -0.05) is 29.3 Å². The van der Waals surface area contributed by atoms with E-state index in [1.165, 1.54) is 0 Å². The maximum absolute atomic E-state index is 12.0. The molecule has 122 valence electrons. The van der Waals surface area contributed by atoms with Gasteiger partial charge in [-0.15, -0.1) is 0 Å². The van der Waals surface area contributed by atoms with Crippen molar-refractivity contribution < 1.29 is 9.59 Å². The van der Waals surface area contributed by atoms with E-state index in [2.05, 4.69) is 10.6 Å². The normalized spacial score (nSPS) is 11.4. The molecular formula is C15H21Cl2N3O2. The van der Waals surface area contributed by atoms with Gasteiger partial charge in [-0.2, -0.15) is 0 Å².